The number of aryl methyl sites for hydroxylation is 1. The SMILES string of the molecule is CCN(CC)Cc1c(O)cc(C)c2c1O/C(=C\c1ccc(OC)c(OC)c1OC)C2=O. The molecule has 0 saturated heterocycles. The van der Waals surface area contributed by atoms with Crippen molar-refractivity contribution in [2.24, 2.45) is 0 Å². The smallest absolute Gasteiger partial charge is 0.232 e. The average Bonchev–Trinajstić information content (AvgIpc) is 3.09. The second-order valence-corrected chi connectivity index (χ2v) is 7.22. The predicted octanol–water partition coefficient (Wildman–Crippen LogP) is 4.18. The summed E-state index contributed by atoms with van der Waals surface area (Å²) in [5, 5.41) is 10.6. The van der Waals surface area contributed by atoms with Gasteiger partial charge in [0.25, 0.3) is 0 Å². The van der Waals surface area contributed by atoms with E-state index in [2.05, 4.69) is 18.7 Å². The van der Waals surface area contributed by atoms with Crippen molar-refractivity contribution in [3.05, 3.63) is 46.2 Å². The fourth-order valence-corrected chi connectivity index (χ4v) is 3.78. The lowest BCUT2D eigenvalue weighted by molar-refractivity contribution is 0.101. The van der Waals surface area contributed by atoms with Crippen molar-refractivity contribution in [3.8, 4) is 28.7 Å². The second-order valence-electron chi connectivity index (χ2n) is 7.22. The number of ketones is 1. The van der Waals surface area contributed by atoms with Gasteiger partial charge in [-0.15, -0.1) is 0 Å². The maximum atomic E-state index is 13.2. The van der Waals surface area contributed by atoms with Gasteiger partial charge >= 0.3 is 0 Å². The van der Waals surface area contributed by atoms with E-state index in [1.807, 2.05) is 0 Å². The van der Waals surface area contributed by atoms with Crippen LogP contribution in [0.25, 0.3) is 6.08 Å². The molecule has 0 radical (unpaired) electrons. The topological polar surface area (TPSA) is 77.5 Å². The summed E-state index contributed by atoms with van der Waals surface area (Å²) < 4.78 is 22.3. The van der Waals surface area contributed by atoms with E-state index in [1.54, 1.807) is 38.3 Å². The normalized spacial score (nSPS) is 14.0. The number of ether oxygens (including phenoxy) is 4. The number of aromatic hydroxyl groups is 1. The van der Waals surface area contributed by atoms with Gasteiger partial charge in [-0.3, -0.25) is 9.69 Å². The lowest BCUT2D eigenvalue weighted by Gasteiger charge is -2.20. The van der Waals surface area contributed by atoms with Crippen molar-refractivity contribution in [2.75, 3.05) is 34.4 Å². The van der Waals surface area contributed by atoms with E-state index in [0.29, 0.717) is 51.8 Å². The third-order valence-corrected chi connectivity index (χ3v) is 5.52. The number of nitrogens with zero attached hydrogens (tertiary/aromatic N) is 1. The minimum Gasteiger partial charge on any atom is -0.507 e. The monoisotopic (exact) mass is 427 g/mol. The number of carbonyl (C=O) groups is 1. The molecule has 0 fully saturated rings. The molecule has 2 aromatic carbocycles. The molecule has 0 aliphatic carbocycles. The van der Waals surface area contributed by atoms with Gasteiger partial charge in [0, 0.05) is 12.1 Å². The minimum absolute atomic E-state index is 0.126. The summed E-state index contributed by atoms with van der Waals surface area (Å²) in [7, 11) is 4.59. The first-order chi connectivity index (χ1) is 14.9. The first-order valence-corrected chi connectivity index (χ1v) is 10.2. The number of phenolic OH excluding ortho intramolecular Hbond substituents is 1. The Hall–Kier alpha value is -3.19. The van der Waals surface area contributed by atoms with Crippen LogP contribution in [0.5, 0.6) is 28.7 Å². The van der Waals surface area contributed by atoms with Gasteiger partial charge < -0.3 is 24.1 Å². The van der Waals surface area contributed by atoms with Crippen LogP contribution in [0.2, 0.25) is 0 Å². The van der Waals surface area contributed by atoms with Crippen molar-refractivity contribution in [3.63, 3.8) is 0 Å². The summed E-state index contributed by atoms with van der Waals surface area (Å²) in [6.45, 7) is 8.02. The number of rotatable bonds is 8. The van der Waals surface area contributed by atoms with Crippen LogP contribution in [-0.4, -0.2) is 50.2 Å². The van der Waals surface area contributed by atoms with E-state index in [0.717, 1.165) is 13.1 Å². The largest absolute Gasteiger partial charge is 0.507 e. The zero-order chi connectivity index (χ0) is 22.7. The molecule has 3 rings (SSSR count). The highest BCUT2D eigenvalue weighted by Gasteiger charge is 2.34. The standard InChI is InChI=1S/C24H29NO6/c1-7-25(8-2)13-16-17(26)11-14(3)20-21(27)19(31-23(16)20)12-15-9-10-18(28-4)24(30-6)22(15)29-5/h9-12,26H,7-8,13H2,1-6H3/b19-12-. The van der Waals surface area contributed by atoms with Crippen molar-refractivity contribution in [1.29, 1.82) is 0 Å². The van der Waals surface area contributed by atoms with E-state index >= 15 is 0 Å². The maximum Gasteiger partial charge on any atom is 0.232 e. The zero-order valence-electron chi connectivity index (χ0n) is 18.9. The number of hydrogen-bond acceptors (Lipinski definition) is 7. The quantitative estimate of drug-likeness (QED) is 0.633. The number of benzene rings is 2. The minimum atomic E-state index is -0.231. The fraction of sp³-hybridized carbons (Fsp3) is 0.375. The van der Waals surface area contributed by atoms with Crippen LogP contribution in [0.3, 0.4) is 0 Å². The summed E-state index contributed by atoms with van der Waals surface area (Å²) in [4.78, 5) is 15.4. The summed E-state index contributed by atoms with van der Waals surface area (Å²) in [6, 6.07) is 5.13. The van der Waals surface area contributed by atoms with Crippen LogP contribution in [0.15, 0.2) is 24.0 Å². The number of hydrogen-bond donors (Lipinski definition) is 1. The van der Waals surface area contributed by atoms with Gasteiger partial charge in [-0.2, -0.15) is 0 Å². The molecule has 0 saturated carbocycles. The van der Waals surface area contributed by atoms with Gasteiger partial charge in [0.05, 0.1) is 32.5 Å². The Labute approximate surface area is 182 Å². The number of phenols is 1. The van der Waals surface area contributed by atoms with Crippen molar-refractivity contribution in [2.45, 2.75) is 27.3 Å². The molecular formula is C24H29NO6. The molecule has 0 unspecified atom stereocenters. The van der Waals surface area contributed by atoms with Crippen molar-refractivity contribution >= 4 is 11.9 Å². The maximum absolute atomic E-state index is 13.2. The Morgan fingerprint density at radius 1 is 1.06 bits per heavy atom. The van der Waals surface area contributed by atoms with Gasteiger partial charge in [-0.25, -0.2) is 0 Å². The van der Waals surface area contributed by atoms with Gasteiger partial charge in [0.1, 0.15) is 11.5 Å². The van der Waals surface area contributed by atoms with E-state index in [4.69, 9.17) is 18.9 Å². The molecule has 1 aliphatic rings. The van der Waals surface area contributed by atoms with E-state index < -0.39 is 0 Å². The lowest BCUT2D eigenvalue weighted by Crippen LogP contribution is -2.22. The van der Waals surface area contributed by atoms with Crippen LogP contribution in [0, 0.1) is 6.92 Å². The third-order valence-electron chi connectivity index (χ3n) is 5.52. The molecule has 7 nitrogen and oxygen atoms in total. The highest BCUT2D eigenvalue weighted by molar-refractivity contribution is 6.16. The highest BCUT2D eigenvalue weighted by atomic mass is 16.5. The Balaban J connectivity index is 2.09. The summed E-state index contributed by atoms with van der Waals surface area (Å²) in [5.41, 5.74) is 2.37. The summed E-state index contributed by atoms with van der Waals surface area (Å²) in [6.07, 6.45) is 1.63. The molecule has 0 bridgehead atoms. The molecule has 0 atom stereocenters. The van der Waals surface area contributed by atoms with Crippen molar-refractivity contribution in [1.82, 2.24) is 4.90 Å². The molecule has 1 heterocycles. The molecule has 2 aromatic rings. The van der Waals surface area contributed by atoms with Crippen LogP contribution in [0.4, 0.5) is 0 Å². The summed E-state index contributed by atoms with van der Waals surface area (Å²) in [5.74, 6) is 1.86. The number of carbonyl (C=O) groups excluding carboxylic acids is 1. The number of methoxy groups -OCH3 is 3. The first-order valence-electron chi connectivity index (χ1n) is 10.2. The fourth-order valence-electron chi connectivity index (χ4n) is 3.78. The van der Waals surface area contributed by atoms with E-state index in [9.17, 15) is 9.90 Å². The molecule has 1 N–H and O–H groups in total. The van der Waals surface area contributed by atoms with E-state index in [-0.39, 0.29) is 17.3 Å². The number of allylic oxidation sites excluding steroid dienone is 1. The molecule has 0 amide bonds. The average molecular weight is 427 g/mol. The molecule has 0 spiro atoms. The molecule has 0 aromatic heterocycles. The Morgan fingerprint density at radius 2 is 1.74 bits per heavy atom. The number of Topliss-reactive ketones (excluding diaryl/α,β-unsaturated/α-hetero) is 1. The van der Waals surface area contributed by atoms with Crippen LogP contribution in [-0.2, 0) is 6.54 Å². The Morgan fingerprint density at radius 3 is 2.32 bits per heavy atom. The summed E-state index contributed by atoms with van der Waals surface area (Å²) >= 11 is 0. The number of fused-ring (bicyclic) bond motifs is 1. The molecule has 166 valence electrons. The molecule has 1 aliphatic heterocycles. The first kappa shape index (κ1) is 22.5. The lowest BCUT2D eigenvalue weighted by atomic mass is 9.99. The van der Waals surface area contributed by atoms with Crippen molar-refractivity contribution < 1.29 is 28.8 Å². The molecule has 31 heavy (non-hydrogen) atoms. The second kappa shape index (κ2) is 9.31. The van der Waals surface area contributed by atoms with Gasteiger partial charge in [0.15, 0.2) is 17.3 Å². The van der Waals surface area contributed by atoms with E-state index in [1.165, 1.54) is 14.2 Å². The van der Waals surface area contributed by atoms with Gasteiger partial charge in [0.2, 0.25) is 11.5 Å². The van der Waals surface area contributed by atoms with Gasteiger partial charge in [-0.1, -0.05) is 13.8 Å². The molecule has 7 heteroatoms. The Kier molecular flexibility index (Phi) is 6.75. The van der Waals surface area contributed by atoms with Gasteiger partial charge in [-0.05, 0) is 49.9 Å². The zero-order valence-corrected chi connectivity index (χ0v) is 18.9. The van der Waals surface area contributed by atoms with Crippen LogP contribution >= 0.6 is 0 Å². The van der Waals surface area contributed by atoms with Crippen LogP contribution in [0.1, 0.15) is 40.9 Å². The third kappa shape index (κ3) is 4.05. The van der Waals surface area contributed by atoms with Crippen LogP contribution < -0.4 is 18.9 Å². The molecular weight excluding hydrogens is 398 g/mol. The highest BCUT2D eigenvalue weighted by Crippen LogP contribution is 2.44. The Bertz CT molecular complexity index is 1020. The predicted molar refractivity (Wildman–Crippen MR) is 119 cm³/mol.